The molecule has 0 fully saturated rings. The summed E-state index contributed by atoms with van der Waals surface area (Å²) in [4.78, 5) is 38.3. The van der Waals surface area contributed by atoms with E-state index in [1.807, 2.05) is 6.92 Å². The third-order valence-electron chi connectivity index (χ3n) is 5.56. The van der Waals surface area contributed by atoms with E-state index in [9.17, 15) is 9.59 Å². The zero-order valence-corrected chi connectivity index (χ0v) is 18.7. The highest BCUT2D eigenvalue weighted by Gasteiger charge is 2.20. The summed E-state index contributed by atoms with van der Waals surface area (Å²) in [5.74, 6) is 0.656. The minimum Gasteiger partial charge on any atom is -0.490 e. The Morgan fingerprint density at radius 3 is 2.42 bits per heavy atom. The van der Waals surface area contributed by atoms with Crippen LogP contribution in [0.15, 0.2) is 29.3 Å². The van der Waals surface area contributed by atoms with E-state index in [0.717, 1.165) is 32.1 Å². The lowest BCUT2D eigenvalue weighted by atomic mass is 10.1. The van der Waals surface area contributed by atoms with Crippen LogP contribution >= 0.6 is 0 Å². The number of fused-ring (bicyclic) bond motifs is 3. The molecule has 3 N–H and O–H groups in total. The van der Waals surface area contributed by atoms with Gasteiger partial charge in [0, 0.05) is 18.9 Å². The second kappa shape index (κ2) is 10.3. The van der Waals surface area contributed by atoms with Crippen LogP contribution < -0.4 is 26.1 Å². The quantitative estimate of drug-likeness (QED) is 0.619. The van der Waals surface area contributed by atoms with E-state index < -0.39 is 5.91 Å². The van der Waals surface area contributed by atoms with Gasteiger partial charge < -0.3 is 15.2 Å². The normalized spacial score (nSPS) is 14.8. The van der Waals surface area contributed by atoms with E-state index in [1.165, 1.54) is 23.4 Å². The number of carbonyl (C=O) groups excluding carboxylic acids is 1. The summed E-state index contributed by atoms with van der Waals surface area (Å²) in [5.41, 5.74) is 5.79. The number of carbonyl (C=O) groups is 1. The Morgan fingerprint density at radius 1 is 1.06 bits per heavy atom. The van der Waals surface area contributed by atoms with Crippen molar-refractivity contribution in [3.8, 4) is 11.5 Å². The first kappa shape index (κ1) is 22.5. The largest absolute Gasteiger partial charge is 0.490 e. The van der Waals surface area contributed by atoms with E-state index >= 15 is 0 Å². The molecule has 0 saturated carbocycles. The van der Waals surface area contributed by atoms with Gasteiger partial charge in [-0.2, -0.15) is 0 Å². The SMILES string of the molecule is CCn1c(NC(=O)c2cnc(N)nc2)nc2c3c(ccc2c1=O)OCCCCCCCCO3. The monoisotopic (exact) mass is 452 g/mol. The smallest absolute Gasteiger partial charge is 0.262 e. The molecule has 3 aromatic rings. The highest BCUT2D eigenvalue weighted by atomic mass is 16.5. The van der Waals surface area contributed by atoms with Gasteiger partial charge >= 0.3 is 0 Å². The maximum absolute atomic E-state index is 13.2. The van der Waals surface area contributed by atoms with Crippen molar-refractivity contribution in [1.82, 2.24) is 19.5 Å². The number of nitrogen functional groups attached to an aromatic ring is 1. The summed E-state index contributed by atoms with van der Waals surface area (Å²) in [6.45, 7) is 3.20. The predicted octanol–water partition coefficient (Wildman–Crippen LogP) is 3.15. The maximum atomic E-state index is 13.2. The first-order valence-corrected chi connectivity index (χ1v) is 11.3. The molecule has 0 spiro atoms. The molecule has 0 radical (unpaired) electrons. The van der Waals surface area contributed by atoms with Gasteiger partial charge in [-0.3, -0.25) is 19.5 Å². The lowest BCUT2D eigenvalue weighted by Crippen LogP contribution is -2.27. The summed E-state index contributed by atoms with van der Waals surface area (Å²) in [5, 5.41) is 3.10. The van der Waals surface area contributed by atoms with Gasteiger partial charge in [0.05, 0.1) is 24.2 Å². The van der Waals surface area contributed by atoms with Gasteiger partial charge in [-0.25, -0.2) is 15.0 Å². The van der Waals surface area contributed by atoms with Crippen molar-refractivity contribution in [1.29, 1.82) is 0 Å². The van der Waals surface area contributed by atoms with Crippen LogP contribution in [-0.4, -0.2) is 38.6 Å². The minimum absolute atomic E-state index is 0.0647. The summed E-state index contributed by atoms with van der Waals surface area (Å²) in [7, 11) is 0. The van der Waals surface area contributed by atoms with E-state index in [4.69, 9.17) is 15.2 Å². The molecule has 0 saturated heterocycles. The van der Waals surface area contributed by atoms with Crippen LogP contribution in [-0.2, 0) is 6.54 Å². The van der Waals surface area contributed by atoms with Crippen LogP contribution in [0.25, 0.3) is 10.9 Å². The average molecular weight is 453 g/mol. The molecule has 33 heavy (non-hydrogen) atoms. The number of benzene rings is 1. The molecule has 1 aromatic carbocycles. The van der Waals surface area contributed by atoms with Gasteiger partial charge in [-0.15, -0.1) is 0 Å². The van der Waals surface area contributed by atoms with Crippen LogP contribution in [0.5, 0.6) is 11.5 Å². The summed E-state index contributed by atoms with van der Waals surface area (Å²) in [6.07, 6.45) is 9.05. The van der Waals surface area contributed by atoms with Gasteiger partial charge in [-0.1, -0.05) is 25.7 Å². The Kier molecular flexibility index (Phi) is 7.01. The Balaban J connectivity index is 1.76. The molecule has 4 rings (SSSR count). The third kappa shape index (κ3) is 5.05. The molecular weight excluding hydrogens is 424 g/mol. The number of nitrogens with zero attached hydrogens (tertiary/aromatic N) is 4. The Labute approximate surface area is 191 Å². The lowest BCUT2D eigenvalue weighted by molar-refractivity contribution is 0.102. The number of amides is 1. The molecule has 10 heteroatoms. The number of anilines is 2. The Bertz CT molecular complexity index is 1190. The van der Waals surface area contributed by atoms with Crippen LogP contribution in [0.2, 0.25) is 0 Å². The van der Waals surface area contributed by atoms with E-state index in [1.54, 1.807) is 12.1 Å². The van der Waals surface area contributed by atoms with E-state index in [0.29, 0.717) is 42.2 Å². The molecule has 1 aliphatic heterocycles. The van der Waals surface area contributed by atoms with Crippen molar-refractivity contribution in [2.45, 2.75) is 52.0 Å². The molecular formula is C23H28N6O4. The highest BCUT2D eigenvalue weighted by Crippen LogP contribution is 2.35. The number of hydrogen-bond donors (Lipinski definition) is 2. The summed E-state index contributed by atoms with van der Waals surface area (Å²) < 4.78 is 13.5. The molecule has 0 bridgehead atoms. The fraction of sp³-hybridized carbons (Fsp3) is 0.435. The molecule has 3 heterocycles. The van der Waals surface area contributed by atoms with Crippen LogP contribution in [0.3, 0.4) is 0 Å². The van der Waals surface area contributed by atoms with Crippen molar-refractivity contribution in [2.24, 2.45) is 0 Å². The fourth-order valence-corrected chi connectivity index (χ4v) is 3.78. The van der Waals surface area contributed by atoms with Gasteiger partial charge in [0.15, 0.2) is 11.5 Å². The van der Waals surface area contributed by atoms with Crippen LogP contribution in [0.1, 0.15) is 55.8 Å². The van der Waals surface area contributed by atoms with Gasteiger partial charge in [0.2, 0.25) is 11.9 Å². The van der Waals surface area contributed by atoms with Gasteiger partial charge in [-0.05, 0) is 31.9 Å². The van der Waals surface area contributed by atoms with Crippen LogP contribution in [0, 0.1) is 0 Å². The summed E-state index contributed by atoms with van der Waals surface area (Å²) >= 11 is 0. The second-order valence-electron chi connectivity index (χ2n) is 7.88. The number of nitrogens with one attached hydrogen (secondary N) is 1. The fourth-order valence-electron chi connectivity index (χ4n) is 3.78. The predicted molar refractivity (Wildman–Crippen MR) is 125 cm³/mol. The standard InChI is InChI=1S/C23H28N6O4/c1-2-29-21(31)16-9-10-17-19(33-12-8-6-4-3-5-7-11-32-17)18(16)27-23(29)28-20(30)15-13-25-22(24)26-14-15/h9-10,13-14H,2-8,11-12H2,1H3,(H2,24,25,26)(H,27,28,30). The van der Waals surface area contributed by atoms with Crippen molar-refractivity contribution < 1.29 is 14.3 Å². The highest BCUT2D eigenvalue weighted by molar-refractivity contribution is 6.03. The minimum atomic E-state index is -0.500. The Hall–Kier alpha value is -3.69. The van der Waals surface area contributed by atoms with Crippen molar-refractivity contribution in [3.05, 3.63) is 40.4 Å². The van der Waals surface area contributed by atoms with E-state index in [2.05, 4.69) is 20.3 Å². The average Bonchev–Trinajstić information content (AvgIpc) is 2.80. The molecule has 0 atom stereocenters. The van der Waals surface area contributed by atoms with Crippen molar-refractivity contribution >= 4 is 28.7 Å². The second-order valence-corrected chi connectivity index (χ2v) is 7.88. The maximum Gasteiger partial charge on any atom is 0.262 e. The Morgan fingerprint density at radius 2 is 1.73 bits per heavy atom. The van der Waals surface area contributed by atoms with Crippen molar-refractivity contribution in [2.75, 3.05) is 24.3 Å². The molecule has 10 nitrogen and oxygen atoms in total. The molecule has 1 amide bonds. The zero-order chi connectivity index (χ0) is 23.2. The van der Waals surface area contributed by atoms with Gasteiger partial charge in [0.25, 0.3) is 11.5 Å². The molecule has 2 aromatic heterocycles. The number of nitrogens with two attached hydrogens (primary N) is 1. The first-order chi connectivity index (χ1) is 16.1. The molecule has 174 valence electrons. The van der Waals surface area contributed by atoms with Crippen LogP contribution in [0.4, 0.5) is 11.9 Å². The first-order valence-electron chi connectivity index (χ1n) is 11.3. The molecule has 1 aliphatic rings. The third-order valence-corrected chi connectivity index (χ3v) is 5.56. The number of aromatic nitrogens is 4. The van der Waals surface area contributed by atoms with E-state index in [-0.39, 0.29) is 23.0 Å². The molecule has 0 unspecified atom stereocenters. The number of ether oxygens (including phenoxy) is 2. The zero-order valence-electron chi connectivity index (χ0n) is 18.7. The summed E-state index contributed by atoms with van der Waals surface area (Å²) in [6, 6.07) is 3.46. The van der Waals surface area contributed by atoms with Gasteiger partial charge in [0.1, 0.15) is 5.52 Å². The van der Waals surface area contributed by atoms with Crippen molar-refractivity contribution in [3.63, 3.8) is 0 Å². The lowest BCUT2D eigenvalue weighted by Gasteiger charge is -2.18. The number of hydrogen-bond acceptors (Lipinski definition) is 8. The topological polar surface area (TPSA) is 134 Å². The number of rotatable bonds is 3. The molecule has 0 aliphatic carbocycles.